The fourth-order valence-corrected chi connectivity index (χ4v) is 3.88. The summed E-state index contributed by atoms with van der Waals surface area (Å²) in [5.41, 5.74) is 2.31. The Morgan fingerprint density at radius 3 is 2.61 bits per heavy atom. The van der Waals surface area contributed by atoms with Crippen LogP contribution in [0.25, 0.3) is 5.69 Å². The second-order valence-corrected chi connectivity index (χ2v) is 7.95. The van der Waals surface area contributed by atoms with E-state index in [0.717, 1.165) is 30.8 Å². The zero-order chi connectivity index (χ0) is 19.7. The van der Waals surface area contributed by atoms with Gasteiger partial charge >= 0.3 is 5.97 Å². The Balaban J connectivity index is 1.34. The molecule has 2 aromatic rings. The van der Waals surface area contributed by atoms with Gasteiger partial charge in [0.25, 0.3) is 5.91 Å². The lowest BCUT2D eigenvalue weighted by Gasteiger charge is -2.42. The van der Waals surface area contributed by atoms with Crippen LogP contribution in [0.5, 0.6) is 0 Å². The summed E-state index contributed by atoms with van der Waals surface area (Å²) in [5.74, 6) is -0.244. The minimum Gasteiger partial charge on any atom is -0.480 e. The minimum atomic E-state index is -0.780. The molecule has 0 atom stereocenters. The van der Waals surface area contributed by atoms with E-state index >= 15 is 0 Å². The zero-order valence-corrected chi connectivity index (χ0v) is 16.0. The molecule has 2 N–H and O–H groups in total. The molecule has 2 saturated carbocycles. The predicted octanol–water partition coefficient (Wildman–Crippen LogP) is 2.24. The van der Waals surface area contributed by atoms with E-state index < -0.39 is 5.97 Å². The topological polar surface area (TPSA) is 87.5 Å². The Hall–Kier alpha value is -2.67. The summed E-state index contributed by atoms with van der Waals surface area (Å²) in [7, 11) is 0. The van der Waals surface area contributed by atoms with Crippen molar-refractivity contribution in [2.24, 2.45) is 5.92 Å². The van der Waals surface area contributed by atoms with Crippen molar-refractivity contribution in [3.8, 4) is 5.69 Å². The SMILES string of the molecule is Cc1c(C(=O)NC2CC(N(CC(=O)O)CC3CC3)C2)cnn1-c1ccccc1. The lowest BCUT2D eigenvalue weighted by Crippen LogP contribution is -2.55. The number of rotatable bonds is 8. The highest BCUT2D eigenvalue weighted by atomic mass is 16.4. The van der Waals surface area contributed by atoms with Gasteiger partial charge in [0.2, 0.25) is 0 Å². The van der Waals surface area contributed by atoms with E-state index in [4.69, 9.17) is 5.11 Å². The largest absolute Gasteiger partial charge is 0.480 e. The molecule has 0 unspecified atom stereocenters. The van der Waals surface area contributed by atoms with Crippen molar-refractivity contribution in [3.05, 3.63) is 47.8 Å². The minimum absolute atomic E-state index is 0.0881. The molecule has 2 aliphatic carbocycles. The van der Waals surface area contributed by atoms with Crippen LogP contribution < -0.4 is 5.32 Å². The summed E-state index contributed by atoms with van der Waals surface area (Å²) in [6.45, 7) is 2.84. The molecule has 1 heterocycles. The van der Waals surface area contributed by atoms with Crippen LogP contribution in [0.3, 0.4) is 0 Å². The molecule has 0 radical (unpaired) electrons. The molecule has 1 aromatic heterocycles. The monoisotopic (exact) mass is 382 g/mol. The molecule has 2 aliphatic rings. The number of carbonyl (C=O) groups excluding carboxylic acids is 1. The van der Waals surface area contributed by atoms with Crippen LogP contribution in [-0.2, 0) is 4.79 Å². The van der Waals surface area contributed by atoms with Gasteiger partial charge in [-0.15, -0.1) is 0 Å². The van der Waals surface area contributed by atoms with Gasteiger partial charge in [0.05, 0.1) is 29.7 Å². The van der Waals surface area contributed by atoms with Crippen LogP contribution in [0.15, 0.2) is 36.5 Å². The average molecular weight is 382 g/mol. The summed E-state index contributed by atoms with van der Waals surface area (Å²) >= 11 is 0. The number of amides is 1. The number of para-hydroxylation sites is 1. The van der Waals surface area contributed by atoms with Crippen LogP contribution in [0.4, 0.5) is 0 Å². The first-order valence-corrected chi connectivity index (χ1v) is 9.88. The van der Waals surface area contributed by atoms with Gasteiger partial charge in [0.15, 0.2) is 0 Å². The Kier molecular flexibility index (Phi) is 5.17. The maximum Gasteiger partial charge on any atom is 0.317 e. The highest BCUT2D eigenvalue weighted by Crippen LogP contribution is 2.33. The first kappa shape index (κ1) is 18.7. The van der Waals surface area contributed by atoms with Crippen LogP contribution in [0, 0.1) is 12.8 Å². The lowest BCUT2D eigenvalue weighted by atomic mass is 9.85. The number of aromatic nitrogens is 2. The third-order valence-corrected chi connectivity index (χ3v) is 5.75. The van der Waals surface area contributed by atoms with Crippen molar-refractivity contribution in [2.45, 2.75) is 44.7 Å². The van der Waals surface area contributed by atoms with Gasteiger partial charge in [-0.1, -0.05) is 18.2 Å². The van der Waals surface area contributed by atoms with Crippen molar-refractivity contribution < 1.29 is 14.7 Å². The maximum atomic E-state index is 12.7. The Morgan fingerprint density at radius 2 is 1.96 bits per heavy atom. The van der Waals surface area contributed by atoms with Gasteiger partial charge in [-0.3, -0.25) is 14.5 Å². The van der Waals surface area contributed by atoms with E-state index in [2.05, 4.69) is 15.3 Å². The molecule has 1 amide bonds. The highest BCUT2D eigenvalue weighted by molar-refractivity contribution is 5.95. The number of aliphatic carboxylic acids is 1. The summed E-state index contributed by atoms with van der Waals surface area (Å²) in [5, 5.41) is 16.6. The number of carboxylic acid groups (broad SMARTS) is 1. The van der Waals surface area contributed by atoms with Gasteiger partial charge in [0.1, 0.15) is 0 Å². The van der Waals surface area contributed by atoms with E-state index in [1.54, 1.807) is 10.9 Å². The van der Waals surface area contributed by atoms with Crippen molar-refractivity contribution in [1.82, 2.24) is 20.0 Å². The molecule has 0 saturated heterocycles. The van der Waals surface area contributed by atoms with Crippen LogP contribution in [0.1, 0.15) is 41.7 Å². The van der Waals surface area contributed by atoms with Crippen LogP contribution in [-0.4, -0.2) is 56.8 Å². The quantitative estimate of drug-likeness (QED) is 0.731. The van der Waals surface area contributed by atoms with E-state index in [9.17, 15) is 9.59 Å². The maximum absolute atomic E-state index is 12.7. The lowest BCUT2D eigenvalue weighted by molar-refractivity contribution is -0.139. The molecular formula is C21H26N4O3. The van der Waals surface area contributed by atoms with Crippen molar-refractivity contribution in [2.75, 3.05) is 13.1 Å². The summed E-state index contributed by atoms with van der Waals surface area (Å²) < 4.78 is 1.77. The second kappa shape index (κ2) is 7.75. The summed E-state index contributed by atoms with van der Waals surface area (Å²) in [6, 6.07) is 10.1. The second-order valence-electron chi connectivity index (χ2n) is 7.95. The van der Waals surface area contributed by atoms with Gasteiger partial charge in [0, 0.05) is 18.6 Å². The molecule has 0 spiro atoms. The molecule has 148 valence electrons. The molecule has 7 heteroatoms. The molecule has 28 heavy (non-hydrogen) atoms. The number of nitrogens with one attached hydrogen (secondary N) is 1. The third kappa shape index (κ3) is 4.09. The smallest absolute Gasteiger partial charge is 0.317 e. The first-order chi connectivity index (χ1) is 13.5. The molecule has 1 aromatic carbocycles. The Morgan fingerprint density at radius 1 is 1.25 bits per heavy atom. The van der Waals surface area contributed by atoms with Crippen molar-refractivity contribution in [3.63, 3.8) is 0 Å². The predicted molar refractivity (Wildman–Crippen MR) is 105 cm³/mol. The van der Waals surface area contributed by atoms with E-state index in [1.807, 2.05) is 37.3 Å². The first-order valence-electron chi connectivity index (χ1n) is 9.88. The molecule has 7 nitrogen and oxygen atoms in total. The fourth-order valence-electron chi connectivity index (χ4n) is 3.88. The van der Waals surface area contributed by atoms with E-state index in [0.29, 0.717) is 11.5 Å². The van der Waals surface area contributed by atoms with Crippen molar-refractivity contribution in [1.29, 1.82) is 0 Å². The van der Waals surface area contributed by atoms with Gasteiger partial charge in [-0.25, -0.2) is 4.68 Å². The van der Waals surface area contributed by atoms with Crippen LogP contribution >= 0.6 is 0 Å². The van der Waals surface area contributed by atoms with Gasteiger partial charge < -0.3 is 10.4 Å². The van der Waals surface area contributed by atoms with E-state index in [1.165, 1.54) is 12.8 Å². The standard InChI is InChI=1S/C21H26N4O3/c1-14-19(11-22-25(14)17-5-3-2-4-6-17)21(28)23-16-9-18(10-16)24(13-20(26)27)12-15-7-8-15/h2-6,11,15-16,18H,7-10,12-13H2,1H3,(H,23,28)(H,26,27). The van der Waals surface area contributed by atoms with Gasteiger partial charge in [-0.2, -0.15) is 5.10 Å². The fraction of sp³-hybridized carbons (Fsp3) is 0.476. The number of nitrogens with zero attached hydrogens (tertiary/aromatic N) is 3. The molecule has 0 aliphatic heterocycles. The third-order valence-electron chi connectivity index (χ3n) is 5.75. The molecule has 4 rings (SSSR count). The Bertz CT molecular complexity index is 854. The van der Waals surface area contributed by atoms with E-state index in [-0.39, 0.29) is 24.5 Å². The highest BCUT2D eigenvalue weighted by Gasteiger charge is 2.38. The average Bonchev–Trinajstić information content (AvgIpc) is 3.36. The molecule has 0 bridgehead atoms. The summed E-state index contributed by atoms with van der Waals surface area (Å²) in [6.07, 6.45) is 5.62. The Labute approximate surface area is 164 Å². The number of carboxylic acids is 1. The molecule has 2 fully saturated rings. The molecular weight excluding hydrogens is 356 g/mol. The number of benzene rings is 1. The van der Waals surface area contributed by atoms with Crippen LogP contribution in [0.2, 0.25) is 0 Å². The van der Waals surface area contributed by atoms with Crippen molar-refractivity contribution >= 4 is 11.9 Å². The normalized spacial score (nSPS) is 21.4. The van der Waals surface area contributed by atoms with Gasteiger partial charge in [-0.05, 0) is 50.7 Å². The number of carbonyl (C=O) groups is 2. The summed E-state index contributed by atoms with van der Waals surface area (Å²) in [4.78, 5) is 25.9. The number of hydrogen-bond donors (Lipinski definition) is 2. The number of hydrogen-bond acceptors (Lipinski definition) is 4. The zero-order valence-electron chi connectivity index (χ0n) is 16.0.